The number of rotatable bonds is 5. The van der Waals surface area contributed by atoms with Crippen molar-refractivity contribution in [1.29, 1.82) is 0 Å². The van der Waals surface area contributed by atoms with Crippen LogP contribution in [0.1, 0.15) is 36.0 Å². The molecule has 0 saturated heterocycles. The first-order valence-electron chi connectivity index (χ1n) is 9.42. The first-order chi connectivity index (χ1) is 13.5. The highest BCUT2D eigenvalue weighted by Crippen LogP contribution is 2.27. The molecule has 0 aliphatic carbocycles. The predicted molar refractivity (Wildman–Crippen MR) is 112 cm³/mol. The maximum atomic E-state index is 12.0. The fourth-order valence-electron chi connectivity index (χ4n) is 3.48. The zero-order chi connectivity index (χ0) is 19.8. The second-order valence-corrected chi connectivity index (χ2v) is 8.25. The Hall–Kier alpha value is -2.70. The number of aromatic nitrogens is 1. The number of thiazole rings is 1. The number of para-hydroxylation sites is 1. The minimum absolute atomic E-state index is 0.166. The number of aromatic hydroxyl groups is 1. The molecule has 0 saturated carbocycles. The number of phenols is 1. The van der Waals surface area contributed by atoms with Crippen LogP contribution in [0.2, 0.25) is 0 Å². The third-order valence-electron chi connectivity index (χ3n) is 5.30. The lowest BCUT2D eigenvalue weighted by Crippen LogP contribution is -3.07. The molecular weight excluding hydrogens is 372 g/mol. The first-order valence-corrected chi connectivity index (χ1v) is 10.2. The highest BCUT2D eigenvalue weighted by atomic mass is 32.1. The fourth-order valence-corrected chi connectivity index (χ4v) is 4.59. The summed E-state index contributed by atoms with van der Waals surface area (Å²) in [4.78, 5) is 18.1. The SMILES string of the molecule is CCc1cc2c(C[NH+](C)[C@@H](C)c3nc4ccccc4s3)cc(=O)oc2cc1O. The molecule has 6 heteroatoms. The van der Waals surface area contributed by atoms with Gasteiger partial charge in [0.1, 0.15) is 23.9 Å². The topological polar surface area (TPSA) is 67.8 Å². The van der Waals surface area contributed by atoms with Gasteiger partial charge >= 0.3 is 5.63 Å². The van der Waals surface area contributed by atoms with E-state index in [4.69, 9.17) is 9.40 Å². The molecule has 0 aliphatic rings. The van der Waals surface area contributed by atoms with E-state index in [1.54, 1.807) is 23.5 Å². The lowest BCUT2D eigenvalue weighted by atomic mass is 10.0. The Balaban J connectivity index is 1.69. The average Bonchev–Trinajstić information content (AvgIpc) is 3.10. The van der Waals surface area contributed by atoms with Gasteiger partial charge in [-0.05, 0) is 37.1 Å². The second-order valence-electron chi connectivity index (χ2n) is 7.19. The highest BCUT2D eigenvalue weighted by molar-refractivity contribution is 7.18. The molecule has 0 aliphatic heterocycles. The van der Waals surface area contributed by atoms with Gasteiger partial charge in [0, 0.05) is 23.1 Å². The normalized spacial score (nSPS) is 13.8. The number of hydrogen-bond acceptors (Lipinski definition) is 5. The molecule has 1 unspecified atom stereocenters. The zero-order valence-corrected chi connectivity index (χ0v) is 17.0. The van der Waals surface area contributed by atoms with Crippen molar-refractivity contribution in [1.82, 2.24) is 4.98 Å². The number of quaternary nitrogens is 1. The Morgan fingerprint density at radius 2 is 2.00 bits per heavy atom. The van der Waals surface area contributed by atoms with E-state index in [1.807, 2.05) is 31.2 Å². The van der Waals surface area contributed by atoms with Crippen LogP contribution in [0, 0.1) is 0 Å². The summed E-state index contributed by atoms with van der Waals surface area (Å²) in [7, 11) is 2.11. The number of nitrogens with one attached hydrogen (secondary N) is 1. The van der Waals surface area contributed by atoms with Crippen LogP contribution in [0.4, 0.5) is 0 Å². The van der Waals surface area contributed by atoms with Gasteiger partial charge in [0.2, 0.25) is 0 Å². The van der Waals surface area contributed by atoms with E-state index >= 15 is 0 Å². The van der Waals surface area contributed by atoms with Crippen molar-refractivity contribution in [3.63, 3.8) is 0 Å². The molecule has 0 spiro atoms. The summed E-state index contributed by atoms with van der Waals surface area (Å²) in [6.07, 6.45) is 0.713. The molecule has 0 bridgehead atoms. The fraction of sp³-hybridized carbons (Fsp3) is 0.273. The molecule has 4 aromatic rings. The third-order valence-corrected chi connectivity index (χ3v) is 6.52. The molecule has 2 aromatic carbocycles. The van der Waals surface area contributed by atoms with Gasteiger partial charge in [-0.1, -0.05) is 19.1 Å². The summed E-state index contributed by atoms with van der Waals surface area (Å²) in [5.41, 5.74) is 2.83. The standard InChI is InChI=1S/C22H22N2O3S/c1-4-14-9-16-15(10-21(26)27-19(16)11-18(14)25)12-24(3)13(2)22-23-17-7-5-6-8-20(17)28-22/h5-11,13,25H,4,12H2,1-3H3/p+1/t13-/m0/s1. The summed E-state index contributed by atoms with van der Waals surface area (Å²) in [5.74, 6) is 0.166. The lowest BCUT2D eigenvalue weighted by Gasteiger charge is -2.20. The molecule has 0 fully saturated rings. The molecule has 5 nitrogen and oxygen atoms in total. The molecule has 4 rings (SSSR count). The molecule has 144 valence electrons. The van der Waals surface area contributed by atoms with Crippen LogP contribution in [0.15, 0.2) is 51.7 Å². The first kappa shape index (κ1) is 18.7. The quantitative estimate of drug-likeness (QED) is 0.508. The van der Waals surface area contributed by atoms with E-state index in [2.05, 4.69) is 20.0 Å². The smallest absolute Gasteiger partial charge is 0.336 e. The lowest BCUT2D eigenvalue weighted by molar-refractivity contribution is -0.923. The van der Waals surface area contributed by atoms with Gasteiger partial charge in [-0.3, -0.25) is 0 Å². The van der Waals surface area contributed by atoms with E-state index in [0.717, 1.165) is 27.0 Å². The largest absolute Gasteiger partial charge is 0.508 e. The third kappa shape index (κ3) is 3.41. The maximum absolute atomic E-state index is 12.0. The van der Waals surface area contributed by atoms with Crippen LogP contribution in [0.5, 0.6) is 5.75 Å². The van der Waals surface area contributed by atoms with E-state index < -0.39 is 5.63 Å². The van der Waals surface area contributed by atoms with Crippen LogP contribution < -0.4 is 10.5 Å². The summed E-state index contributed by atoms with van der Waals surface area (Å²) in [6.45, 7) is 4.81. The number of phenolic OH excluding ortho intramolecular Hbond substituents is 1. The second kappa shape index (κ2) is 7.37. The van der Waals surface area contributed by atoms with Crippen molar-refractivity contribution in [2.75, 3.05) is 7.05 Å². The molecule has 2 aromatic heterocycles. The van der Waals surface area contributed by atoms with Gasteiger partial charge in [-0.2, -0.15) is 0 Å². The molecule has 2 heterocycles. The van der Waals surface area contributed by atoms with Crippen LogP contribution in [-0.2, 0) is 13.0 Å². The Morgan fingerprint density at radius 3 is 2.75 bits per heavy atom. The van der Waals surface area contributed by atoms with E-state index in [-0.39, 0.29) is 11.8 Å². The molecule has 2 atom stereocenters. The summed E-state index contributed by atoms with van der Waals surface area (Å²) >= 11 is 1.71. The van der Waals surface area contributed by atoms with Crippen molar-refractivity contribution >= 4 is 32.5 Å². The number of aryl methyl sites for hydroxylation is 1. The monoisotopic (exact) mass is 395 g/mol. The van der Waals surface area contributed by atoms with Crippen molar-refractivity contribution in [2.24, 2.45) is 0 Å². The van der Waals surface area contributed by atoms with Crippen LogP contribution in [0.25, 0.3) is 21.2 Å². The molecule has 2 N–H and O–H groups in total. The van der Waals surface area contributed by atoms with Gasteiger partial charge in [0.15, 0.2) is 5.01 Å². The molecule has 0 radical (unpaired) electrons. The molecule has 0 amide bonds. The summed E-state index contributed by atoms with van der Waals surface area (Å²) < 4.78 is 6.50. The minimum Gasteiger partial charge on any atom is -0.508 e. The van der Waals surface area contributed by atoms with Gasteiger partial charge < -0.3 is 14.4 Å². The van der Waals surface area contributed by atoms with Crippen LogP contribution in [0.3, 0.4) is 0 Å². The van der Waals surface area contributed by atoms with Crippen LogP contribution >= 0.6 is 11.3 Å². The minimum atomic E-state index is -0.397. The number of nitrogens with zero attached hydrogens (tertiary/aromatic N) is 1. The van der Waals surface area contributed by atoms with Gasteiger partial charge in [-0.25, -0.2) is 9.78 Å². The molecule has 28 heavy (non-hydrogen) atoms. The maximum Gasteiger partial charge on any atom is 0.336 e. The molecular formula is C22H23N2O3S+. The number of hydrogen-bond donors (Lipinski definition) is 2. The summed E-state index contributed by atoms with van der Waals surface area (Å²) in [5, 5.41) is 12.1. The zero-order valence-electron chi connectivity index (χ0n) is 16.2. The predicted octanol–water partition coefficient (Wildman–Crippen LogP) is 3.45. The van der Waals surface area contributed by atoms with Crippen LogP contribution in [-0.4, -0.2) is 17.1 Å². The van der Waals surface area contributed by atoms with Crippen molar-refractivity contribution in [3.8, 4) is 5.75 Å². The Bertz CT molecular complexity index is 1180. The van der Waals surface area contributed by atoms with Crippen molar-refractivity contribution in [2.45, 2.75) is 32.9 Å². The van der Waals surface area contributed by atoms with Crippen molar-refractivity contribution < 1.29 is 14.4 Å². The van der Waals surface area contributed by atoms with Gasteiger partial charge in [0.05, 0.1) is 17.3 Å². The van der Waals surface area contributed by atoms with Crippen molar-refractivity contribution in [3.05, 3.63) is 69.0 Å². The van der Waals surface area contributed by atoms with Gasteiger partial charge in [-0.15, -0.1) is 11.3 Å². The van der Waals surface area contributed by atoms with E-state index in [1.165, 1.54) is 9.60 Å². The highest BCUT2D eigenvalue weighted by Gasteiger charge is 2.21. The summed E-state index contributed by atoms with van der Waals surface area (Å²) in [6, 6.07) is 13.4. The Morgan fingerprint density at radius 1 is 1.21 bits per heavy atom. The van der Waals surface area contributed by atoms with Gasteiger partial charge in [0.25, 0.3) is 0 Å². The Labute approximate surface area is 166 Å². The Kier molecular flexibility index (Phi) is 4.91. The van der Waals surface area contributed by atoms with E-state index in [9.17, 15) is 9.90 Å². The number of benzene rings is 2. The number of fused-ring (bicyclic) bond motifs is 2. The van der Waals surface area contributed by atoms with E-state index in [0.29, 0.717) is 18.5 Å². The average molecular weight is 396 g/mol.